The first-order valence-corrected chi connectivity index (χ1v) is 15.7. The highest BCUT2D eigenvalue weighted by atomic mass is 16.3. The Morgan fingerprint density at radius 1 is 0.348 bits per heavy atom. The molecule has 0 N–H and O–H groups in total. The number of fused-ring (bicyclic) bond motifs is 8. The molecular weight excluding hydrogens is 560 g/mol. The van der Waals surface area contributed by atoms with Gasteiger partial charge >= 0.3 is 0 Å². The minimum atomic E-state index is 0.822. The van der Waals surface area contributed by atoms with Crippen molar-refractivity contribution in [2.75, 3.05) is 0 Å². The highest BCUT2D eigenvalue weighted by molar-refractivity contribution is 6.28. The monoisotopic (exact) mass is 586 g/mol. The van der Waals surface area contributed by atoms with Crippen molar-refractivity contribution in [1.29, 1.82) is 0 Å². The lowest BCUT2D eigenvalue weighted by Crippen LogP contribution is -1.92. The second kappa shape index (κ2) is 9.69. The van der Waals surface area contributed by atoms with Gasteiger partial charge in [-0.3, -0.25) is 0 Å². The summed E-state index contributed by atoms with van der Waals surface area (Å²) in [5.41, 5.74) is 8.50. The van der Waals surface area contributed by atoms with Crippen molar-refractivity contribution in [3.63, 3.8) is 0 Å². The number of hydrogen-bond acceptors (Lipinski definition) is 2. The van der Waals surface area contributed by atoms with Gasteiger partial charge in [-0.25, -0.2) is 0 Å². The van der Waals surface area contributed by atoms with E-state index in [-0.39, 0.29) is 0 Å². The summed E-state index contributed by atoms with van der Waals surface area (Å²) in [5, 5.41) is 10.6. The Morgan fingerprint density at radius 3 is 1.67 bits per heavy atom. The van der Waals surface area contributed by atoms with E-state index >= 15 is 0 Å². The Kier molecular flexibility index (Phi) is 5.31. The fourth-order valence-electron chi connectivity index (χ4n) is 7.50. The average molecular weight is 587 g/mol. The van der Waals surface area contributed by atoms with Gasteiger partial charge in [0.1, 0.15) is 22.5 Å². The third-order valence-electron chi connectivity index (χ3n) is 9.48. The number of furan rings is 2. The molecule has 46 heavy (non-hydrogen) atoms. The normalized spacial score (nSPS) is 11.9. The maximum Gasteiger partial charge on any atom is 0.146 e. The third-order valence-corrected chi connectivity index (χ3v) is 9.48. The van der Waals surface area contributed by atoms with Crippen molar-refractivity contribution < 1.29 is 8.83 Å². The van der Waals surface area contributed by atoms with Gasteiger partial charge in [-0.15, -0.1) is 0 Å². The van der Waals surface area contributed by atoms with Crippen LogP contribution in [0.2, 0.25) is 0 Å². The van der Waals surface area contributed by atoms with E-state index in [1.807, 2.05) is 18.2 Å². The number of hydrogen-bond donors (Lipinski definition) is 0. The van der Waals surface area contributed by atoms with E-state index in [2.05, 4.69) is 140 Å². The molecule has 2 aromatic heterocycles. The van der Waals surface area contributed by atoms with Crippen LogP contribution in [0.1, 0.15) is 0 Å². The summed E-state index contributed by atoms with van der Waals surface area (Å²) in [5.74, 6) is 0.838. The van der Waals surface area contributed by atoms with E-state index < -0.39 is 0 Å². The molecule has 0 saturated carbocycles. The zero-order chi connectivity index (χ0) is 30.2. The van der Waals surface area contributed by atoms with Gasteiger partial charge in [0.25, 0.3) is 0 Å². The van der Waals surface area contributed by atoms with Crippen molar-refractivity contribution in [2.24, 2.45) is 0 Å². The summed E-state index contributed by atoms with van der Waals surface area (Å²) in [6, 6.07) is 56.0. The minimum Gasteiger partial charge on any atom is -0.456 e. The molecular formula is C44H26O2. The highest BCUT2D eigenvalue weighted by Crippen LogP contribution is 2.48. The van der Waals surface area contributed by atoms with Gasteiger partial charge in [0.15, 0.2) is 0 Å². The van der Waals surface area contributed by atoms with Gasteiger partial charge in [0.05, 0.1) is 5.39 Å². The number of benzene rings is 8. The lowest BCUT2D eigenvalue weighted by Gasteiger charge is -2.19. The molecule has 0 spiro atoms. The first-order chi connectivity index (χ1) is 22.8. The van der Waals surface area contributed by atoms with Crippen molar-refractivity contribution >= 4 is 65.2 Å². The largest absolute Gasteiger partial charge is 0.456 e. The van der Waals surface area contributed by atoms with E-state index in [0.717, 1.165) is 44.2 Å². The Bertz CT molecular complexity index is 2740. The summed E-state index contributed by atoms with van der Waals surface area (Å²) in [6.07, 6.45) is 0. The Hall–Kier alpha value is -6.12. The molecule has 0 aliphatic rings. The van der Waals surface area contributed by atoms with Crippen LogP contribution in [0.5, 0.6) is 0 Å². The summed E-state index contributed by atoms with van der Waals surface area (Å²) in [6.45, 7) is 0. The molecule has 0 amide bonds. The second-order valence-electron chi connectivity index (χ2n) is 12.0. The standard InChI is InChI=1S/C44H26O2/c1-2-13-28(14-3-1)40-26-37-38(45-40)25-24-36-43-35(22-11-23-39(43)46-44(36)37)42-33-19-8-6-17-31(33)41(32-18-7-9-20-34(32)42)30-21-10-15-27-12-4-5-16-29(27)30/h1-26H. The molecule has 10 aromatic rings. The summed E-state index contributed by atoms with van der Waals surface area (Å²) < 4.78 is 13.0. The maximum absolute atomic E-state index is 6.68. The van der Waals surface area contributed by atoms with Gasteiger partial charge < -0.3 is 8.83 Å². The fraction of sp³-hybridized carbons (Fsp3) is 0. The molecule has 2 heterocycles. The molecule has 0 unspecified atom stereocenters. The van der Waals surface area contributed by atoms with Crippen molar-refractivity contribution in [2.45, 2.75) is 0 Å². The predicted molar refractivity (Wildman–Crippen MR) is 192 cm³/mol. The van der Waals surface area contributed by atoms with Gasteiger partial charge in [0, 0.05) is 16.3 Å². The van der Waals surface area contributed by atoms with Crippen LogP contribution in [-0.2, 0) is 0 Å². The van der Waals surface area contributed by atoms with Crippen LogP contribution in [0.4, 0.5) is 0 Å². The van der Waals surface area contributed by atoms with Gasteiger partial charge in [0.2, 0.25) is 0 Å². The second-order valence-corrected chi connectivity index (χ2v) is 12.0. The molecule has 8 aromatic carbocycles. The lowest BCUT2D eigenvalue weighted by atomic mass is 9.84. The number of rotatable bonds is 3. The van der Waals surface area contributed by atoms with E-state index in [1.54, 1.807) is 0 Å². The Balaban J connectivity index is 1.31. The highest BCUT2D eigenvalue weighted by Gasteiger charge is 2.22. The first-order valence-electron chi connectivity index (χ1n) is 15.7. The SMILES string of the molecule is c1ccc(-c2cc3c(ccc4c3oc3cccc(-c5c6ccccc6c(-c6cccc7ccccc67)c6ccccc56)c34)o2)cc1. The van der Waals surface area contributed by atoms with Gasteiger partial charge in [-0.1, -0.05) is 133 Å². The van der Waals surface area contributed by atoms with E-state index in [4.69, 9.17) is 8.83 Å². The molecule has 0 radical (unpaired) electrons. The van der Waals surface area contributed by atoms with Crippen LogP contribution >= 0.6 is 0 Å². The topological polar surface area (TPSA) is 26.3 Å². The average Bonchev–Trinajstić information content (AvgIpc) is 3.73. The summed E-state index contributed by atoms with van der Waals surface area (Å²) in [7, 11) is 0. The first kappa shape index (κ1) is 25.2. The van der Waals surface area contributed by atoms with Gasteiger partial charge in [-0.2, -0.15) is 0 Å². The van der Waals surface area contributed by atoms with Crippen LogP contribution in [0.3, 0.4) is 0 Å². The molecule has 2 nitrogen and oxygen atoms in total. The molecule has 0 saturated heterocycles. The van der Waals surface area contributed by atoms with Crippen molar-refractivity contribution in [3.8, 4) is 33.6 Å². The van der Waals surface area contributed by atoms with Crippen LogP contribution in [-0.4, -0.2) is 0 Å². The zero-order valence-corrected chi connectivity index (χ0v) is 24.8. The molecule has 0 aliphatic heterocycles. The van der Waals surface area contributed by atoms with E-state index in [0.29, 0.717) is 0 Å². The molecule has 2 heteroatoms. The molecule has 0 fully saturated rings. The fourth-order valence-corrected chi connectivity index (χ4v) is 7.50. The predicted octanol–water partition coefficient (Wildman–Crippen LogP) is 12.8. The van der Waals surface area contributed by atoms with Crippen molar-refractivity contribution in [1.82, 2.24) is 0 Å². The summed E-state index contributed by atoms with van der Waals surface area (Å²) >= 11 is 0. The maximum atomic E-state index is 6.68. The van der Waals surface area contributed by atoms with Crippen molar-refractivity contribution in [3.05, 3.63) is 158 Å². The molecule has 0 bridgehead atoms. The minimum absolute atomic E-state index is 0.822. The van der Waals surface area contributed by atoms with Crippen LogP contribution in [0, 0.1) is 0 Å². The Labute approximate surface area is 264 Å². The van der Waals surface area contributed by atoms with Crippen LogP contribution in [0.15, 0.2) is 167 Å². The van der Waals surface area contributed by atoms with Crippen LogP contribution in [0.25, 0.3) is 98.8 Å². The zero-order valence-electron chi connectivity index (χ0n) is 24.8. The third kappa shape index (κ3) is 3.59. The van der Waals surface area contributed by atoms with Gasteiger partial charge in [-0.05, 0) is 78.8 Å². The van der Waals surface area contributed by atoms with Crippen LogP contribution < -0.4 is 0 Å². The Morgan fingerprint density at radius 2 is 0.935 bits per heavy atom. The molecule has 214 valence electrons. The molecule has 0 aliphatic carbocycles. The quantitative estimate of drug-likeness (QED) is 0.193. The lowest BCUT2D eigenvalue weighted by molar-refractivity contribution is 0.631. The van der Waals surface area contributed by atoms with E-state index in [1.165, 1.54) is 54.6 Å². The smallest absolute Gasteiger partial charge is 0.146 e. The summed E-state index contributed by atoms with van der Waals surface area (Å²) in [4.78, 5) is 0. The van der Waals surface area contributed by atoms with E-state index in [9.17, 15) is 0 Å². The molecule has 10 rings (SSSR count). The molecule has 0 atom stereocenters.